The van der Waals surface area contributed by atoms with Crippen LogP contribution in [0.4, 0.5) is 9.59 Å². The topological polar surface area (TPSA) is 120 Å². The van der Waals surface area contributed by atoms with Gasteiger partial charge in [-0.25, -0.2) is 9.59 Å². The third kappa shape index (κ3) is 13.9. The van der Waals surface area contributed by atoms with Gasteiger partial charge in [0.1, 0.15) is 11.2 Å². The quantitative estimate of drug-likeness (QED) is 0.241. The highest BCUT2D eigenvalue weighted by Crippen LogP contribution is 2.43. The number of rotatable bonds is 8. The number of ketones is 1. The molecule has 13 heteroatoms. The molecule has 0 spiro atoms. The molecule has 2 atom stereocenters. The molecule has 2 aliphatic heterocycles. The van der Waals surface area contributed by atoms with Crippen molar-refractivity contribution in [1.29, 1.82) is 0 Å². The number of carbonyl (C=O) groups excluding carboxylic acids is 5. The van der Waals surface area contributed by atoms with Crippen molar-refractivity contribution < 1.29 is 38.2 Å². The second kappa shape index (κ2) is 21.1. The summed E-state index contributed by atoms with van der Waals surface area (Å²) in [6, 6.07) is 0. The number of methoxy groups -OCH3 is 1. The molecule has 10 nitrogen and oxygen atoms in total. The number of halogens is 1. The van der Waals surface area contributed by atoms with Crippen molar-refractivity contribution in [3.63, 3.8) is 0 Å². The molecule has 0 unspecified atom stereocenters. The minimum absolute atomic E-state index is 0.137. The Morgan fingerprint density at radius 2 is 1.15 bits per heavy atom. The molecule has 0 radical (unpaired) electrons. The van der Waals surface area contributed by atoms with Crippen LogP contribution in [0.25, 0.3) is 0 Å². The van der Waals surface area contributed by atoms with Gasteiger partial charge in [0.2, 0.25) is 0 Å². The van der Waals surface area contributed by atoms with Gasteiger partial charge in [-0.1, -0.05) is 13.8 Å². The number of amides is 2. The largest absolute Gasteiger partial charge is 0.444 e. The van der Waals surface area contributed by atoms with E-state index < -0.39 is 11.2 Å². The second-order valence-corrected chi connectivity index (χ2v) is 20.0. The van der Waals surface area contributed by atoms with Crippen molar-refractivity contribution in [3.8, 4) is 0 Å². The summed E-state index contributed by atoms with van der Waals surface area (Å²) in [7, 11) is 1.69. The fraction of sp³-hybridized carbons (Fsp3) is 0.707. The lowest BCUT2D eigenvalue weighted by Crippen LogP contribution is -2.42. The highest BCUT2D eigenvalue weighted by Gasteiger charge is 2.33. The number of ether oxygens (including phenoxy) is 3. The van der Waals surface area contributed by atoms with Crippen molar-refractivity contribution >= 4 is 62.7 Å². The van der Waals surface area contributed by atoms with Gasteiger partial charge >= 0.3 is 18.3 Å². The molecule has 2 aliphatic rings. The van der Waals surface area contributed by atoms with Gasteiger partial charge in [0, 0.05) is 59.9 Å². The van der Waals surface area contributed by atoms with Gasteiger partial charge in [0.05, 0.1) is 10.4 Å². The third-order valence-electron chi connectivity index (χ3n) is 10.2. The average molecular weight is 856 g/mol. The van der Waals surface area contributed by atoms with E-state index in [9.17, 15) is 14.4 Å². The van der Waals surface area contributed by atoms with Crippen LogP contribution < -0.4 is 0 Å². The molecule has 304 valence electrons. The van der Waals surface area contributed by atoms with E-state index in [1.54, 1.807) is 25.4 Å². The number of hydrogen-bond donors (Lipinski definition) is 0. The number of thiophene rings is 2. The van der Waals surface area contributed by atoms with Gasteiger partial charge in [-0.05, 0) is 151 Å². The number of carbonyl (C=O) groups is 3. The van der Waals surface area contributed by atoms with Gasteiger partial charge in [-0.15, -0.1) is 22.7 Å². The monoisotopic (exact) mass is 854 g/mol. The van der Waals surface area contributed by atoms with Crippen LogP contribution in [0.3, 0.4) is 0 Å². The van der Waals surface area contributed by atoms with E-state index in [1.807, 2.05) is 62.7 Å². The molecular weight excluding hydrogens is 792 g/mol. The number of Topliss-reactive ketones (excluding diaryl/α,β-unsaturated/α-hetero) is 1. The Hall–Kier alpha value is -2.57. The van der Waals surface area contributed by atoms with Crippen LogP contribution >= 0.6 is 38.6 Å². The maximum Gasteiger partial charge on any atom is 0.410 e. The second-order valence-electron chi connectivity index (χ2n) is 16.4. The lowest BCUT2D eigenvalue weighted by atomic mass is 9.83. The summed E-state index contributed by atoms with van der Waals surface area (Å²) < 4.78 is 17.5. The van der Waals surface area contributed by atoms with Crippen LogP contribution in [-0.4, -0.2) is 85.0 Å². The Bertz CT molecular complexity index is 1580. The summed E-state index contributed by atoms with van der Waals surface area (Å²) in [4.78, 5) is 60.5. The summed E-state index contributed by atoms with van der Waals surface area (Å²) in [5.41, 5.74) is 3.92. The Kier molecular flexibility index (Phi) is 18.6. The maximum absolute atomic E-state index is 12.3. The third-order valence-corrected chi connectivity index (χ3v) is 14.2. The molecule has 2 aromatic heterocycles. The molecule has 0 aliphatic carbocycles. The van der Waals surface area contributed by atoms with Crippen LogP contribution in [0.2, 0.25) is 0 Å². The van der Waals surface area contributed by atoms with Crippen molar-refractivity contribution in [3.05, 3.63) is 40.7 Å². The molecular formula is C41H63BrN2O8S2. The van der Waals surface area contributed by atoms with Gasteiger partial charge in [0.15, 0.2) is 5.78 Å². The number of likely N-dealkylation sites (tertiary alicyclic amines) is 2. The SMILES string of the molecule is COCCc1sc([C@H](C)C2CCN(C(=O)OC(C)(C)C)CC2)c(C)c1C(C)=O.Cc1c(Br)sc([C@H](C)C2CCN(C(=O)OC(C)(C)C)CC2)c1C.O=C=O. The van der Waals surface area contributed by atoms with Gasteiger partial charge in [-0.2, -0.15) is 9.59 Å². The number of nitrogens with zero attached hydrogens (tertiary/aromatic N) is 2. The normalized spacial score (nSPS) is 16.6. The van der Waals surface area contributed by atoms with Gasteiger partial charge in [0.25, 0.3) is 0 Å². The van der Waals surface area contributed by atoms with E-state index >= 15 is 0 Å². The lowest BCUT2D eigenvalue weighted by Gasteiger charge is -2.35. The fourth-order valence-corrected chi connectivity index (χ4v) is 10.6. The first-order valence-electron chi connectivity index (χ1n) is 18.9. The summed E-state index contributed by atoms with van der Waals surface area (Å²) in [5, 5.41) is 0. The zero-order chi connectivity index (χ0) is 41.1. The standard InChI is InChI=1S/C22H35NO4S.C18H28BrNO2S.CO2/c1-14(17-8-11-23(12-9-17)21(25)27-22(4,5)6)20-15(2)19(16(3)24)18(28-20)10-13-26-7;1-11-12(2)16(19)23-15(11)13(3)14-7-9-20(10-8-14)17(21)22-18(4,5)6;2-1-3/h14,17H,8-13H2,1-7H3;13-14H,7-10H2,1-6H3;/t14-;13-;/m11./s1. The molecule has 2 amide bonds. The van der Waals surface area contributed by atoms with Crippen LogP contribution in [0.15, 0.2) is 3.79 Å². The first kappa shape index (κ1) is 47.6. The molecule has 2 aromatic rings. The van der Waals surface area contributed by atoms with Crippen LogP contribution in [-0.2, 0) is 30.2 Å². The molecule has 0 saturated carbocycles. The van der Waals surface area contributed by atoms with Crippen molar-refractivity contribution in [1.82, 2.24) is 9.80 Å². The Labute approximate surface area is 339 Å². The molecule has 4 rings (SSSR count). The highest BCUT2D eigenvalue weighted by molar-refractivity contribution is 9.11. The Balaban J connectivity index is 0.000000354. The first-order valence-corrected chi connectivity index (χ1v) is 21.3. The van der Waals surface area contributed by atoms with Crippen molar-refractivity contribution in [2.75, 3.05) is 39.9 Å². The molecule has 0 aromatic carbocycles. The average Bonchev–Trinajstić information content (AvgIpc) is 3.56. The molecule has 54 heavy (non-hydrogen) atoms. The van der Waals surface area contributed by atoms with Crippen molar-refractivity contribution in [2.24, 2.45) is 11.8 Å². The minimum atomic E-state index is -0.461. The Morgan fingerprint density at radius 1 is 0.759 bits per heavy atom. The Morgan fingerprint density at radius 3 is 1.46 bits per heavy atom. The predicted molar refractivity (Wildman–Crippen MR) is 219 cm³/mol. The van der Waals surface area contributed by atoms with E-state index in [1.165, 1.54) is 24.7 Å². The maximum atomic E-state index is 12.3. The summed E-state index contributed by atoms with van der Waals surface area (Å²) >= 11 is 7.30. The molecule has 2 fully saturated rings. The number of piperidine rings is 2. The summed E-state index contributed by atoms with van der Waals surface area (Å²) in [6.45, 7) is 27.8. The minimum Gasteiger partial charge on any atom is -0.444 e. The predicted octanol–water partition coefficient (Wildman–Crippen LogP) is 10.5. The molecule has 0 N–H and O–H groups in total. The molecule has 4 heterocycles. The number of hydrogen-bond acceptors (Lipinski definition) is 10. The highest BCUT2D eigenvalue weighted by atomic mass is 79.9. The zero-order valence-corrected chi connectivity index (χ0v) is 38.0. The van der Waals surface area contributed by atoms with E-state index in [-0.39, 0.29) is 24.1 Å². The van der Waals surface area contributed by atoms with Crippen LogP contribution in [0, 0.1) is 32.6 Å². The molecule has 0 bridgehead atoms. The fourth-order valence-electron chi connectivity index (χ4n) is 7.12. The van der Waals surface area contributed by atoms with E-state index in [2.05, 4.69) is 50.5 Å². The van der Waals surface area contributed by atoms with Gasteiger partial charge < -0.3 is 24.0 Å². The van der Waals surface area contributed by atoms with E-state index in [0.29, 0.717) is 30.3 Å². The van der Waals surface area contributed by atoms with E-state index in [0.717, 1.165) is 74.3 Å². The lowest BCUT2D eigenvalue weighted by molar-refractivity contribution is -0.191. The van der Waals surface area contributed by atoms with Crippen molar-refractivity contribution in [2.45, 2.75) is 138 Å². The smallest absolute Gasteiger partial charge is 0.410 e. The van der Waals surface area contributed by atoms with E-state index in [4.69, 9.17) is 23.8 Å². The summed E-state index contributed by atoms with van der Waals surface area (Å²) in [5.74, 6) is 2.20. The molecule has 2 saturated heterocycles. The zero-order valence-electron chi connectivity index (χ0n) is 34.7. The van der Waals surface area contributed by atoms with Gasteiger partial charge in [-0.3, -0.25) is 4.79 Å². The summed E-state index contributed by atoms with van der Waals surface area (Å²) in [6.07, 6.45) is 4.66. The van der Waals surface area contributed by atoms with Crippen LogP contribution in [0.1, 0.15) is 142 Å². The van der Waals surface area contributed by atoms with Crippen LogP contribution in [0.5, 0.6) is 0 Å². The first-order chi connectivity index (χ1) is 25.1.